The molecule has 0 aliphatic rings. The molecule has 0 radical (unpaired) electrons. The van der Waals surface area contributed by atoms with Crippen molar-refractivity contribution in [2.75, 3.05) is 33.5 Å². The van der Waals surface area contributed by atoms with E-state index in [-0.39, 0.29) is 0 Å². The van der Waals surface area contributed by atoms with E-state index in [1.54, 1.807) is 19.2 Å². The average molecular weight is 281 g/mol. The van der Waals surface area contributed by atoms with Crippen molar-refractivity contribution in [1.29, 1.82) is 0 Å². The SMILES string of the molecule is COCCOCCOc1ccc(/C=N/NC(N)=O)cc1. The molecule has 0 aliphatic heterocycles. The van der Waals surface area contributed by atoms with E-state index in [1.807, 2.05) is 12.1 Å². The standard InChI is InChI=1S/C13H19N3O4/c1-18-6-7-19-8-9-20-12-4-2-11(3-5-12)10-15-16-13(14)17/h2-5,10H,6-9H2,1H3,(H3,14,16,17)/b15-10+. The van der Waals surface area contributed by atoms with Gasteiger partial charge in [0.25, 0.3) is 0 Å². The molecule has 7 heteroatoms. The zero-order valence-electron chi connectivity index (χ0n) is 11.4. The number of nitrogens with two attached hydrogens (primary N) is 1. The number of rotatable bonds is 9. The van der Waals surface area contributed by atoms with Gasteiger partial charge in [-0.1, -0.05) is 0 Å². The Morgan fingerprint density at radius 1 is 1.25 bits per heavy atom. The van der Waals surface area contributed by atoms with Gasteiger partial charge in [-0.05, 0) is 29.8 Å². The van der Waals surface area contributed by atoms with Crippen LogP contribution in [0, 0.1) is 0 Å². The molecular formula is C13H19N3O4. The summed E-state index contributed by atoms with van der Waals surface area (Å²) in [6.07, 6.45) is 1.49. The Labute approximate surface area is 117 Å². The number of primary amides is 1. The lowest BCUT2D eigenvalue weighted by Crippen LogP contribution is -2.24. The quantitative estimate of drug-likeness (QED) is 0.396. The summed E-state index contributed by atoms with van der Waals surface area (Å²) in [5.74, 6) is 0.736. The highest BCUT2D eigenvalue weighted by Gasteiger charge is 1.95. The van der Waals surface area contributed by atoms with Crippen LogP contribution < -0.4 is 15.9 Å². The van der Waals surface area contributed by atoms with Crippen molar-refractivity contribution in [3.05, 3.63) is 29.8 Å². The minimum absolute atomic E-state index is 0.473. The molecule has 0 fully saturated rings. The van der Waals surface area contributed by atoms with E-state index < -0.39 is 6.03 Å². The molecule has 0 bridgehead atoms. The first-order valence-electron chi connectivity index (χ1n) is 6.10. The van der Waals surface area contributed by atoms with Gasteiger partial charge in [-0.25, -0.2) is 10.2 Å². The third kappa shape index (κ3) is 7.34. The predicted molar refractivity (Wildman–Crippen MR) is 74.9 cm³/mol. The molecule has 1 rings (SSSR count). The van der Waals surface area contributed by atoms with Gasteiger partial charge in [-0.15, -0.1) is 0 Å². The number of nitrogens with one attached hydrogen (secondary N) is 1. The highest BCUT2D eigenvalue weighted by Crippen LogP contribution is 2.10. The van der Waals surface area contributed by atoms with Crippen LogP contribution >= 0.6 is 0 Å². The molecule has 3 N–H and O–H groups in total. The van der Waals surface area contributed by atoms with E-state index in [0.717, 1.165) is 11.3 Å². The number of benzene rings is 1. The first-order valence-corrected chi connectivity index (χ1v) is 6.10. The fourth-order valence-electron chi connectivity index (χ4n) is 1.28. The highest BCUT2D eigenvalue weighted by atomic mass is 16.5. The van der Waals surface area contributed by atoms with Gasteiger partial charge in [0.15, 0.2) is 0 Å². The average Bonchev–Trinajstić information content (AvgIpc) is 2.44. The molecule has 0 aromatic heterocycles. The van der Waals surface area contributed by atoms with Gasteiger partial charge in [-0.2, -0.15) is 5.10 Å². The predicted octanol–water partition coefficient (Wildman–Crippen LogP) is 0.731. The molecule has 1 aromatic carbocycles. The first kappa shape index (κ1) is 15.9. The van der Waals surface area contributed by atoms with E-state index in [9.17, 15) is 4.79 Å². The zero-order chi connectivity index (χ0) is 14.6. The fourth-order valence-corrected chi connectivity index (χ4v) is 1.28. The number of amides is 2. The lowest BCUT2D eigenvalue weighted by molar-refractivity contribution is 0.0544. The van der Waals surface area contributed by atoms with Crippen molar-refractivity contribution < 1.29 is 19.0 Å². The number of hydrogen-bond acceptors (Lipinski definition) is 5. The Bertz CT molecular complexity index is 420. The Balaban J connectivity index is 2.24. The van der Waals surface area contributed by atoms with Crippen molar-refractivity contribution in [3.63, 3.8) is 0 Å². The smallest absolute Gasteiger partial charge is 0.332 e. The van der Waals surface area contributed by atoms with Crippen molar-refractivity contribution in [2.24, 2.45) is 10.8 Å². The van der Waals surface area contributed by atoms with Crippen LogP contribution in [0.5, 0.6) is 5.75 Å². The third-order valence-electron chi connectivity index (χ3n) is 2.20. The molecule has 1 aromatic rings. The van der Waals surface area contributed by atoms with Crippen molar-refractivity contribution >= 4 is 12.2 Å². The van der Waals surface area contributed by atoms with Crippen LogP contribution in [0.25, 0.3) is 0 Å². The third-order valence-corrected chi connectivity index (χ3v) is 2.20. The molecule has 0 aliphatic carbocycles. The number of carbonyl (C=O) groups is 1. The number of hydrazone groups is 1. The van der Waals surface area contributed by atoms with Crippen LogP contribution in [-0.2, 0) is 9.47 Å². The molecule has 0 spiro atoms. The number of nitrogens with zero attached hydrogens (tertiary/aromatic N) is 1. The minimum atomic E-state index is -0.699. The van der Waals surface area contributed by atoms with E-state index >= 15 is 0 Å². The Kier molecular flexibility index (Phi) is 7.78. The van der Waals surface area contributed by atoms with Gasteiger partial charge in [0, 0.05) is 7.11 Å². The van der Waals surface area contributed by atoms with Crippen molar-refractivity contribution in [2.45, 2.75) is 0 Å². The van der Waals surface area contributed by atoms with Gasteiger partial charge in [0.1, 0.15) is 12.4 Å². The summed E-state index contributed by atoms with van der Waals surface area (Å²) in [6, 6.07) is 6.54. The van der Waals surface area contributed by atoms with E-state index in [2.05, 4.69) is 10.5 Å². The zero-order valence-corrected chi connectivity index (χ0v) is 11.4. The monoisotopic (exact) mass is 281 g/mol. The summed E-state index contributed by atoms with van der Waals surface area (Å²) in [4.78, 5) is 10.4. The maximum atomic E-state index is 10.4. The molecule has 0 saturated carbocycles. The summed E-state index contributed by atoms with van der Waals surface area (Å²) < 4.78 is 15.6. The maximum absolute atomic E-state index is 10.4. The number of urea groups is 1. The normalized spacial score (nSPS) is 10.7. The summed E-state index contributed by atoms with van der Waals surface area (Å²) >= 11 is 0. The largest absolute Gasteiger partial charge is 0.491 e. The van der Waals surface area contributed by atoms with Crippen LogP contribution in [0.15, 0.2) is 29.4 Å². The van der Waals surface area contributed by atoms with Crippen LogP contribution in [0.3, 0.4) is 0 Å². The molecule has 0 heterocycles. The van der Waals surface area contributed by atoms with Gasteiger partial charge < -0.3 is 19.9 Å². The maximum Gasteiger partial charge on any atom is 0.332 e. The van der Waals surface area contributed by atoms with Gasteiger partial charge >= 0.3 is 6.03 Å². The second-order valence-corrected chi connectivity index (χ2v) is 3.76. The summed E-state index contributed by atoms with van der Waals surface area (Å²) in [5.41, 5.74) is 7.81. The second-order valence-electron chi connectivity index (χ2n) is 3.76. The molecular weight excluding hydrogens is 262 g/mol. The number of methoxy groups -OCH3 is 1. The van der Waals surface area contributed by atoms with Crippen molar-refractivity contribution in [1.82, 2.24) is 5.43 Å². The molecule has 110 valence electrons. The lowest BCUT2D eigenvalue weighted by Gasteiger charge is -2.07. The molecule has 0 atom stereocenters. The summed E-state index contributed by atoms with van der Waals surface area (Å²) in [6.45, 7) is 2.12. The Morgan fingerprint density at radius 3 is 2.60 bits per heavy atom. The molecule has 0 unspecified atom stereocenters. The minimum Gasteiger partial charge on any atom is -0.491 e. The summed E-state index contributed by atoms with van der Waals surface area (Å²) in [7, 11) is 1.63. The van der Waals surface area contributed by atoms with Crippen LogP contribution in [-0.4, -0.2) is 45.8 Å². The van der Waals surface area contributed by atoms with E-state index in [1.165, 1.54) is 6.21 Å². The molecule has 0 saturated heterocycles. The second kappa shape index (κ2) is 9.76. The molecule has 20 heavy (non-hydrogen) atoms. The molecule has 2 amide bonds. The van der Waals surface area contributed by atoms with Crippen LogP contribution in [0.4, 0.5) is 4.79 Å². The van der Waals surface area contributed by atoms with Crippen molar-refractivity contribution in [3.8, 4) is 5.75 Å². The highest BCUT2D eigenvalue weighted by molar-refractivity contribution is 5.81. The fraction of sp³-hybridized carbons (Fsp3) is 0.385. The number of ether oxygens (including phenoxy) is 3. The van der Waals surface area contributed by atoms with Gasteiger partial charge in [0.2, 0.25) is 0 Å². The summed E-state index contributed by atoms with van der Waals surface area (Å²) in [5, 5.41) is 3.65. The molecule has 7 nitrogen and oxygen atoms in total. The first-order chi connectivity index (χ1) is 9.72. The Hall–Kier alpha value is -2.12. The topological polar surface area (TPSA) is 95.2 Å². The van der Waals surface area contributed by atoms with Crippen LogP contribution in [0.1, 0.15) is 5.56 Å². The van der Waals surface area contributed by atoms with E-state index in [4.69, 9.17) is 19.9 Å². The number of hydrogen-bond donors (Lipinski definition) is 2. The van der Waals surface area contributed by atoms with E-state index in [0.29, 0.717) is 26.4 Å². The van der Waals surface area contributed by atoms with Gasteiger partial charge in [-0.3, -0.25) is 0 Å². The number of carbonyl (C=O) groups excluding carboxylic acids is 1. The lowest BCUT2D eigenvalue weighted by atomic mass is 10.2. The van der Waals surface area contributed by atoms with Gasteiger partial charge in [0.05, 0.1) is 26.0 Å². The van der Waals surface area contributed by atoms with Crippen LogP contribution in [0.2, 0.25) is 0 Å². The Morgan fingerprint density at radius 2 is 1.95 bits per heavy atom.